The quantitative estimate of drug-likeness (QED) is 0.442. The second-order valence-electron chi connectivity index (χ2n) is 10.5. The van der Waals surface area contributed by atoms with E-state index in [1.165, 1.54) is 5.56 Å². The lowest BCUT2D eigenvalue weighted by Crippen LogP contribution is -2.45. The van der Waals surface area contributed by atoms with E-state index in [1.807, 2.05) is 31.8 Å². The molecule has 2 heterocycles. The minimum Gasteiger partial charge on any atom is -0.378 e. The smallest absolute Gasteiger partial charge is 0.257 e. The molecule has 0 saturated carbocycles. The van der Waals surface area contributed by atoms with Gasteiger partial charge in [0, 0.05) is 19.8 Å². The highest BCUT2D eigenvalue weighted by Crippen LogP contribution is 2.41. The Morgan fingerprint density at radius 1 is 1.11 bits per heavy atom. The number of benzene rings is 2. The molecule has 0 radical (unpaired) electrons. The van der Waals surface area contributed by atoms with Crippen molar-refractivity contribution in [2.75, 3.05) is 24.3 Å². The molecular formula is C29H39N5O. The summed E-state index contributed by atoms with van der Waals surface area (Å²) in [5.74, 6) is 0.718. The molecule has 186 valence electrons. The number of aryl methyl sites for hydroxylation is 1. The van der Waals surface area contributed by atoms with Crippen LogP contribution in [0.3, 0.4) is 0 Å². The number of nitrogens with one attached hydrogen (secondary N) is 2. The fourth-order valence-corrected chi connectivity index (χ4v) is 5.32. The van der Waals surface area contributed by atoms with Crippen molar-refractivity contribution in [3.63, 3.8) is 0 Å². The van der Waals surface area contributed by atoms with Crippen LogP contribution in [0.1, 0.15) is 80.2 Å². The summed E-state index contributed by atoms with van der Waals surface area (Å²) >= 11 is 0. The number of carbonyl (C=O) groups is 1. The Morgan fingerprint density at radius 3 is 2.31 bits per heavy atom. The van der Waals surface area contributed by atoms with Gasteiger partial charge in [0.15, 0.2) is 0 Å². The minimum atomic E-state index is -0.452. The van der Waals surface area contributed by atoms with E-state index in [4.69, 9.17) is 5.10 Å². The Labute approximate surface area is 209 Å². The van der Waals surface area contributed by atoms with Gasteiger partial charge in [-0.05, 0) is 63.3 Å². The second kappa shape index (κ2) is 9.40. The SMILES string of the molecule is CCC(CC)(NC(=O)c1c(C)nn2c1N[C@@H](c1ccccc1)CC2(C)C)c1ccc(N(C)C)cc1. The zero-order valence-corrected chi connectivity index (χ0v) is 22.1. The van der Waals surface area contributed by atoms with Crippen LogP contribution in [0.15, 0.2) is 54.6 Å². The lowest BCUT2D eigenvalue weighted by molar-refractivity contribution is 0.0889. The van der Waals surface area contributed by atoms with E-state index < -0.39 is 5.54 Å². The number of carbonyl (C=O) groups excluding carboxylic acids is 1. The van der Waals surface area contributed by atoms with E-state index in [1.54, 1.807) is 0 Å². The van der Waals surface area contributed by atoms with Crippen LogP contribution in [0.5, 0.6) is 0 Å². The first-order chi connectivity index (χ1) is 16.6. The van der Waals surface area contributed by atoms with E-state index in [0.717, 1.165) is 42.0 Å². The lowest BCUT2D eigenvalue weighted by atomic mass is 9.84. The predicted octanol–water partition coefficient (Wildman–Crippen LogP) is 5.99. The third-order valence-corrected chi connectivity index (χ3v) is 7.57. The van der Waals surface area contributed by atoms with Crippen molar-refractivity contribution in [2.45, 2.75) is 71.0 Å². The van der Waals surface area contributed by atoms with E-state index in [9.17, 15) is 4.79 Å². The standard InChI is InChI=1S/C29H39N5O/c1-8-29(9-2,22-15-17-23(18-16-22)33(6)7)31-27(35)25-20(3)32-34-26(25)30-24(19-28(34,4)5)21-13-11-10-12-14-21/h10-18,24,30H,8-9,19H2,1-7H3,(H,31,35)/t24-/m1/s1. The first-order valence-corrected chi connectivity index (χ1v) is 12.6. The summed E-state index contributed by atoms with van der Waals surface area (Å²) in [5.41, 5.74) is 4.18. The summed E-state index contributed by atoms with van der Waals surface area (Å²) in [6.07, 6.45) is 2.48. The third kappa shape index (κ3) is 4.54. The van der Waals surface area contributed by atoms with Gasteiger partial charge in [-0.1, -0.05) is 56.3 Å². The topological polar surface area (TPSA) is 62.2 Å². The maximum absolute atomic E-state index is 13.9. The third-order valence-electron chi connectivity index (χ3n) is 7.57. The summed E-state index contributed by atoms with van der Waals surface area (Å²) in [5, 5.41) is 11.9. The number of amides is 1. The van der Waals surface area contributed by atoms with Crippen LogP contribution >= 0.6 is 0 Å². The molecule has 3 aromatic rings. The zero-order valence-electron chi connectivity index (χ0n) is 22.1. The Kier molecular flexibility index (Phi) is 6.67. The van der Waals surface area contributed by atoms with Gasteiger partial charge in [0.05, 0.1) is 22.8 Å². The predicted molar refractivity (Wildman–Crippen MR) is 144 cm³/mol. The van der Waals surface area contributed by atoms with Gasteiger partial charge in [-0.2, -0.15) is 5.10 Å². The molecule has 4 rings (SSSR count). The van der Waals surface area contributed by atoms with Crippen molar-refractivity contribution >= 4 is 17.4 Å². The molecule has 0 aliphatic carbocycles. The van der Waals surface area contributed by atoms with Gasteiger partial charge in [-0.3, -0.25) is 4.79 Å². The number of hydrogen-bond donors (Lipinski definition) is 2. The van der Waals surface area contributed by atoms with Crippen LogP contribution in [-0.2, 0) is 11.1 Å². The number of nitrogens with zero attached hydrogens (tertiary/aromatic N) is 3. The van der Waals surface area contributed by atoms with Gasteiger partial charge in [-0.25, -0.2) is 4.68 Å². The number of aromatic nitrogens is 2. The minimum absolute atomic E-state index is 0.0823. The van der Waals surface area contributed by atoms with Crippen LogP contribution < -0.4 is 15.5 Å². The Morgan fingerprint density at radius 2 is 1.74 bits per heavy atom. The van der Waals surface area contributed by atoms with Gasteiger partial charge < -0.3 is 15.5 Å². The molecule has 6 nitrogen and oxygen atoms in total. The van der Waals surface area contributed by atoms with Crippen molar-refractivity contribution in [1.82, 2.24) is 15.1 Å². The highest BCUT2D eigenvalue weighted by molar-refractivity contribution is 6.00. The molecule has 2 N–H and O–H groups in total. The highest BCUT2D eigenvalue weighted by atomic mass is 16.2. The molecule has 0 saturated heterocycles. The van der Waals surface area contributed by atoms with Gasteiger partial charge >= 0.3 is 0 Å². The average Bonchev–Trinajstić information content (AvgIpc) is 3.20. The molecule has 0 unspecified atom stereocenters. The normalized spacial score (nSPS) is 16.8. The summed E-state index contributed by atoms with van der Waals surface area (Å²) in [6, 6.07) is 19.1. The molecule has 1 aliphatic rings. The first-order valence-electron chi connectivity index (χ1n) is 12.6. The molecule has 0 fully saturated rings. The number of anilines is 2. The molecular weight excluding hydrogens is 434 g/mol. The molecule has 0 spiro atoms. The zero-order chi connectivity index (χ0) is 25.4. The summed E-state index contributed by atoms with van der Waals surface area (Å²) in [7, 11) is 4.07. The Balaban J connectivity index is 1.70. The van der Waals surface area contributed by atoms with Crippen molar-refractivity contribution < 1.29 is 4.79 Å². The summed E-state index contributed by atoms with van der Waals surface area (Å²) < 4.78 is 2.00. The summed E-state index contributed by atoms with van der Waals surface area (Å²) in [6.45, 7) is 10.6. The maximum atomic E-state index is 13.9. The van der Waals surface area contributed by atoms with Crippen molar-refractivity contribution in [3.8, 4) is 0 Å². The first kappa shape index (κ1) is 24.8. The lowest BCUT2D eigenvalue weighted by Gasteiger charge is -2.38. The molecule has 0 bridgehead atoms. The van der Waals surface area contributed by atoms with Crippen molar-refractivity contribution in [1.29, 1.82) is 0 Å². The second-order valence-corrected chi connectivity index (χ2v) is 10.5. The van der Waals surface area contributed by atoms with E-state index in [-0.39, 0.29) is 17.5 Å². The van der Waals surface area contributed by atoms with E-state index >= 15 is 0 Å². The maximum Gasteiger partial charge on any atom is 0.257 e. The number of rotatable bonds is 7. The van der Waals surface area contributed by atoms with Crippen LogP contribution in [0.25, 0.3) is 0 Å². The van der Waals surface area contributed by atoms with E-state index in [2.05, 4.69) is 91.8 Å². The molecule has 35 heavy (non-hydrogen) atoms. The van der Waals surface area contributed by atoms with E-state index in [0.29, 0.717) is 5.56 Å². The largest absolute Gasteiger partial charge is 0.378 e. The number of fused-ring (bicyclic) bond motifs is 1. The average molecular weight is 474 g/mol. The van der Waals surface area contributed by atoms with Crippen LogP contribution in [0.2, 0.25) is 0 Å². The highest BCUT2D eigenvalue weighted by Gasteiger charge is 2.39. The van der Waals surface area contributed by atoms with Gasteiger partial charge in [0.25, 0.3) is 5.91 Å². The van der Waals surface area contributed by atoms with Crippen molar-refractivity contribution in [2.24, 2.45) is 0 Å². The fraction of sp³-hybridized carbons (Fsp3) is 0.448. The van der Waals surface area contributed by atoms with Gasteiger partial charge in [-0.15, -0.1) is 0 Å². The Hall–Kier alpha value is -3.28. The fourth-order valence-electron chi connectivity index (χ4n) is 5.32. The van der Waals surface area contributed by atoms with Crippen LogP contribution in [0, 0.1) is 6.92 Å². The van der Waals surface area contributed by atoms with Crippen LogP contribution in [-0.4, -0.2) is 29.8 Å². The summed E-state index contributed by atoms with van der Waals surface area (Å²) in [4.78, 5) is 16.0. The monoisotopic (exact) mass is 473 g/mol. The molecule has 2 aromatic carbocycles. The number of hydrogen-bond acceptors (Lipinski definition) is 4. The molecule has 1 aliphatic heterocycles. The van der Waals surface area contributed by atoms with Crippen molar-refractivity contribution in [3.05, 3.63) is 77.0 Å². The molecule has 1 atom stereocenters. The van der Waals surface area contributed by atoms with Gasteiger partial charge in [0.2, 0.25) is 0 Å². The molecule has 1 aromatic heterocycles. The Bertz CT molecular complexity index is 1170. The van der Waals surface area contributed by atoms with Gasteiger partial charge in [0.1, 0.15) is 11.4 Å². The molecule has 6 heteroatoms. The molecule has 1 amide bonds. The van der Waals surface area contributed by atoms with Crippen LogP contribution in [0.4, 0.5) is 11.5 Å².